The van der Waals surface area contributed by atoms with Crippen LogP contribution in [0.4, 0.5) is 0 Å². The third-order valence-electron chi connectivity index (χ3n) is 3.84. The minimum atomic E-state index is 0.488. The molecular formula is C15H20N4. The lowest BCUT2D eigenvalue weighted by Gasteiger charge is -2.29. The highest BCUT2D eigenvalue weighted by atomic mass is 15.3. The SMILES string of the molecule is Cc1cccc(-n2cnnc2C2CCCN(C)C2)c1. The van der Waals surface area contributed by atoms with Crippen LogP contribution in [0.1, 0.15) is 30.1 Å². The van der Waals surface area contributed by atoms with E-state index >= 15 is 0 Å². The van der Waals surface area contributed by atoms with Gasteiger partial charge < -0.3 is 4.90 Å². The molecule has 0 aliphatic carbocycles. The molecule has 1 fully saturated rings. The van der Waals surface area contributed by atoms with Crippen LogP contribution < -0.4 is 0 Å². The molecule has 0 N–H and O–H groups in total. The predicted octanol–water partition coefficient (Wildman–Crippen LogP) is 2.38. The van der Waals surface area contributed by atoms with Gasteiger partial charge in [0.05, 0.1) is 0 Å². The molecule has 1 saturated heterocycles. The lowest BCUT2D eigenvalue weighted by molar-refractivity contribution is 0.244. The van der Waals surface area contributed by atoms with Gasteiger partial charge in [0.15, 0.2) is 0 Å². The van der Waals surface area contributed by atoms with E-state index in [1.165, 1.54) is 24.9 Å². The van der Waals surface area contributed by atoms with Crippen molar-refractivity contribution in [2.24, 2.45) is 0 Å². The molecule has 1 aliphatic heterocycles. The maximum Gasteiger partial charge on any atom is 0.141 e. The van der Waals surface area contributed by atoms with Crippen LogP contribution in [0.5, 0.6) is 0 Å². The Bertz CT molecular complexity index is 561. The molecule has 1 aromatic carbocycles. The third kappa shape index (κ3) is 2.54. The molecular weight excluding hydrogens is 236 g/mol. The molecule has 19 heavy (non-hydrogen) atoms. The fourth-order valence-electron chi connectivity index (χ4n) is 2.88. The van der Waals surface area contributed by atoms with Gasteiger partial charge in [-0.25, -0.2) is 0 Å². The van der Waals surface area contributed by atoms with Crippen LogP contribution >= 0.6 is 0 Å². The molecule has 1 aliphatic rings. The highest BCUT2D eigenvalue weighted by Crippen LogP contribution is 2.26. The van der Waals surface area contributed by atoms with E-state index in [1.807, 2.05) is 6.33 Å². The number of aromatic nitrogens is 3. The monoisotopic (exact) mass is 256 g/mol. The van der Waals surface area contributed by atoms with Crippen molar-refractivity contribution in [3.8, 4) is 5.69 Å². The summed E-state index contributed by atoms with van der Waals surface area (Å²) in [4.78, 5) is 2.38. The van der Waals surface area contributed by atoms with Crippen molar-refractivity contribution in [3.05, 3.63) is 42.0 Å². The van der Waals surface area contributed by atoms with Crippen LogP contribution in [0.15, 0.2) is 30.6 Å². The summed E-state index contributed by atoms with van der Waals surface area (Å²) in [6.07, 6.45) is 4.27. The zero-order valence-electron chi connectivity index (χ0n) is 11.6. The van der Waals surface area contributed by atoms with Gasteiger partial charge in [-0.15, -0.1) is 10.2 Å². The van der Waals surface area contributed by atoms with Crippen molar-refractivity contribution in [1.29, 1.82) is 0 Å². The fourth-order valence-corrected chi connectivity index (χ4v) is 2.88. The van der Waals surface area contributed by atoms with Gasteiger partial charge in [0.25, 0.3) is 0 Å². The largest absolute Gasteiger partial charge is 0.306 e. The van der Waals surface area contributed by atoms with Gasteiger partial charge >= 0.3 is 0 Å². The van der Waals surface area contributed by atoms with Crippen LogP contribution in [0, 0.1) is 6.92 Å². The Morgan fingerprint density at radius 1 is 1.32 bits per heavy atom. The lowest BCUT2D eigenvalue weighted by Crippen LogP contribution is -2.32. The van der Waals surface area contributed by atoms with Gasteiger partial charge in [-0.1, -0.05) is 12.1 Å². The number of nitrogens with zero attached hydrogens (tertiary/aromatic N) is 4. The molecule has 2 aromatic rings. The van der Waals surface area contributed by atoms with Crippen molar-refractivity contribution in [2.75, 3.05) is 20.1 Å². The normalized spacial score (nSPS) is 20.6. The number of piperidine rings is 1. The maximum atomic E-state index is 4.37. The van der Waals surface area contributed by atoms with Gasteiger partial charge in [0.1, 0.15) is 12.2 Å². The number of rotatable bonds is 2. The van der Waals surface area contributed by atoms with Gasteiger partial charge in [0, 0.05) is 18.2 Å². The number of likely N-dealkylation sites (tertiary alicyclic amines) is 1. The molecule has 3 rings (SSSR count). The topological polar surface area (TPSA) is 34.0 Å². The summed E-state index contributed by atoms with van der Waals surface area (Å²) in [5, 5.41) is 8.49. The van der Waals surface area contributed by atoms with Crippen LogP contribution in [0.2, 0.25) is 0 Å². The molecule has 0 saturated carbocycles. The summed E-state index contributed by atoms with van der Waals surface area (Å²) < 4.78 is 2.14. The Morgan fingerprint density at radius 3 is 3.00 bits per heavy atom. The number of benzene rings is 1. The van der Waals surface area contributed by atoms with E-state index in [-0.39, 0.29) is 0 Å². The van der Waals surface area contributed by atoms with E-state index in [0.717, 1.165) is 18.1 Å². The zero-order valence-corrected chi connectivity index (χ0v) is 11.6. The van der Waals surface area contributed by atoms with Crippen molar-refractivity contribution in [3.63, 3.8) is 0 Å². The van der Waals surface area contributed by atoms with Crippen LogP contribution in [0.25, 0.3) is 5.69 Å². The first-order valence-corrected chi connectivity index (χ1v) is 6.89. The molecule has 0 bridgehead atoms. The Labute approximate surface area is 114 Å². The lowest BCUT2D eigenvalue weighted by atomic mass is 9.97. The second-order valence-electron chi connectivity index (χ2n) is 5.50. The second-order valence-corrected chi connectivity index (χ2v) is 5.50. The summed E-state index contributed by atoms with van der Waals surface area (Å²) in [6.45, 7) is 4.38. The van der Waals surface area contributed by atoms with E-state index in [2.05, 4.69) is 57.9 Å². The number of aryl methyl sites for hydroxylation is 1. The van der Waals surface area contributed by atoms with Crippen molar-refractivity contribution < 1.29 is 0 Å². The first kappa shape index (κ1) is 12.4. The van der Waals surface area contributed by atoms with Gasteiger partial charge in [-0.2, -0.15) is 0 Å². The molecule has 100 valence electrons. The summed E-state index contributed by atoms with van der Waals surface area (Å²) in [7, 11) is 2.18. The van der Waals surface area contributed by atoms with Crippen molar-refractivity contribution in [2.45, 2.75) is 25.7 Å². The van der Waals surface area contributed by atoms with Crippen LogP contribution in [0.3, 0.4) is 0 Å². The highest BCUT2D eigenvalue weighted by Gasteiger charge is 2.23. The first-order chi connectivity index (χ1) is 9.24. The average molecular weight is 256 g/mol. The summed E-state index contributed by atoms with van der Waals surface area (Å²) in [5.74, 6) is 1.58. The summed E-state index contributed by atoms with van der Waals surface area (Å²) >= 11 is 0. The van der Waals surface area contributed by atoms with Crippen LogP contribution in [-0.2, 0) is 0 Å². The first-order valence-electron chi connectivity index (χ1n) is 6.89. The molecule has 4 heteroatoms. The molecule has 0 radical (unpaired) electrons. The smallest absolute Gasteiger partial charge is 0.141 e. The predicted molar refractivity (Wildman–Crippen MR) is 75.6 cm³/mol. The molecule has 1 unspecified atom stereocenters. The second kappa shape index (κ2) is 5.13. The molecule has 0 spiro atoms. The zero-order chi connectivity index (χ0) is 13.2. The minimum absolute atomic E-state index is 0.488. The Morgan fingerprint density at radius 2 is 2.21 bits per heavy atom. The van der Waals surface area contributed by atoms with E-state index in [4.69, 9.17) is 0 Å². The van der Waals surface area contributed by atoms with Gasteiger partial charge in [0.2, 0.25) is 0 Å². The Kier molecular flexibility index (Phi) is 3.34. The standard InChI is InChI=1S/C15H20N4/c1-12-5-3-7-14(9-12)19-11-16-17-15(19)13-6-4-8-18(2)10-13/h3,5,7,9,11,13H,4,6,8,10H2,1-2H3. The average Bonchev–Trinajstić information content (AvgIpc) is 2.88. The number of likely N-dealkylation sites (N-methyl/N-ethyl adjacent to an activating group) is 1. The molecule has 4 nitrogen and oxygen atoms in total. The van der Waals surface area contributed by atoms with Gasteiger partial charge in [-0.3, -0.25) is 4.57 Å². The Balaban J connectivity index is 1.94. The highest BCUT2D eigenvalue weighted by molar-refractivity contribution is 5.36. The van der Waals surface area contributed by atoms with E-state index < -0.39 is 0 Å². The van der Waals surface area contributed by atoms with Crippen molar-refractivity contribution >= 4 is 0 Å². The fraction of sp³-hybridized carbons (Fsp3) is 0.467. The van der Waals surface area contributed by atoms with E-state index in [1.54, 1.807) is 0 Å². The van der Waals surface area contributed by atoms with Crippen molar-refractivity contribution in [1.82, 2.24) is 19.7 Å². The van der Waals surface area contributed by atoms with E-state index in [9.17, 15) is 0 Å². The van der Waals surface area contributed by atoms with Crippen LogP contribution in [-0.4, -0.2) is 39.8 Å². The molecule has 1 atom stereocenters. The molecule has 1 aromatic heterocycles. The number of hydrogen-bond acceptors (Lipinski definition) is 3. The molecule has 2 heterocycles. The molecule has 0 amide bonds. The quantitative estimate of drug-likeness (QED) is 0.827. The van der Waals surface area contributed by atoms with Gasteiger partial charge in [-0.05, 0) is 51.1 Å². The summed E-state index contributed by atoms with van der Waals surface area (Å²) in [6, 6.07) is 8.50. The third-order valence-corrected chi connectivity index (χ3v) is 3.84. The minimum Gasteiger partial charge on any atom is -0.306 e. The number of hydrogen-bond donors (Lipinski definition) is 0. The maximum absolute atomic E-state index is 4.37. The van der Waals surface area contributed by atoms with E-state index in [0.29, 0.717) is 5.92 Å². The summed E-state index contributed by atoms with van der Waals surface area (Å²) in [5.41, 5.74) is 2.42. The Hall–Kier alpha value is -1.68.